The highest BCUT2D eigenvalue weighted by Gasteiger charge is 2.33. The van der Waals surface area contributed by atoms with Crippen LogP contribution in [0.15, 0.2) is 65.8 Å². The third kappa shape index (κ3) is 7.27. The molecule has 0 aliphatic carbocycles. The van der Waals surface area contributed by atoms with Crippen molar-refractivity contribution in [3.05, 3.63) is 71.6 Å². The van der Waals surface area contributed by atoms with Crippen molar-refractivity contribution in [1.82, 2.24) is 34.9 Å². The summed E-state index contributed by atoms with van der Waals surface area (Å²) in [5, 5.41) is 6.63. The van der Waals surface area contributed by atoms with Crippen molar-refractivity contribution in [2.24, 2.45) is 13.0 Å². The summed E-state index contributed by atoms with van der Waals surface area (Å²) in [6.07, 6.45) is 6.98. The van der Waals surface area contributed by atoms with E-state index in [1.54, 1.807) is 33.8 Å². The van der Waals surface area contributed by atoms with Crippen molar-refractivity contribution >= 4 is 55.9 Å². The predicted molar refractivity (Wildman–Crippen MR) is 206 cm³/mol. The first kappa shape index (κ1) is 36.0. The number of carbonyl (C=O) groups excluding carboxylic acids is 2. The Bertz CT molecular complexity index is 2290. The van der Waals surface area contributed by atoms with Crippen LogP contribution in [0.25, 0.3) is 22.6 Å². The third-order valence-corrected chi connectivity index (χ3v) is 13.3. The Balaban J connectivity index is 0.831. The average Bonchev–Trinajstić information content (AvgIpc) is 3.75. The smallest absolute Gasteiger partial charge is 0.328 e. The molecular weight excluding hydrogens is 730 g/mol. The van der Waals surface area contributed by atoms with E-state index in [-0.39, 0.29) is 16.8 Å². The van der Waals surface area contributed by atoms with Crippen LogP contribution in [0.1, 0.15) is 37.8 Å². The van der Waals surface area contributed by atoms with Crippen LogP contribution in [0.2, 0.25) is 5.02 Å². The second-order valence-electron chi connectivity index (χ2n) is 14.3. The molecule has 3 amide bonds. The van der Waals surface area contributed by atoms with Crippen molar-refractivity contribution in [3.8, 4) is 22.9 Å². The number of halogens is 1. The van der Waals surface area contributed by atoms with Crippen LogP contribution >= 0.6 is 11.6 Å². The molecule has 3 fully saturated rings. The van der Waals surface area contributed by atoms with E-state index in [1.807, 2.05) is 44.4 Å². The number of aromatic nitrogens is 5. The van der Waals surface area contributed by atoms with Crippen LogP contribution in [0, 0.1) is 12.8 Å². The number of H-pyrrole nitrogens is 1. The number of urea groups is 1. The minimum atomic E-state index is -3.52. The Kier molecular flexibility index (Phi) is 9.79. The highest BCUT2D eigenvalue weighted by atomic mass is 35.5. The first-order valence-electron chi connectivity index (χ1n) is 18.3. The van der Waals surface area contributed by atoms with Gasteiger partial charge in [-0.3, -0.25) is 19.7 Å². The Morgan fingerprint density at radius 1 is 0.926 bits per heavy atom. The maximum Gasteiger partial charge on any atom is 0.328 e. The molecule has 14 nitrogen and oxygen atoms in total. The maximum atomic E-state index is 13.7. The van der Waals surface area contributed by atoms with Crippen LogP contribution in [0.4, 0.5) is 16.2 Å². The van der Waals surface area contributed by atoms with E-state index in [0.717, 1.165) is 68.2 Å². The number of nitrogens with one attached hydrogen (secondary N) is 2. The number of piperidine rings is 2. The molecule has 2 N–H and O–H groups in total. The summed E-state index contributed by atoms with van der Waals surface area (Å²) >= 11 is 6.52. The molecule has 282 valence electrons. The number of nitrogens with zero attached hydrogens (tertiary/aromatic N) is 7. The van der Waals surface area contributed by atoms with Crippen LogP contribution in [0.5, 0.6) is 11.5 Å². The van der Waals surface area contributed by atoms with Gasteiger partial charge < -0.3 is 19.5 Å². The highest BCUT2D eigenvalue weighted by Crippen LogP contribution is 2.37. The molecule has 0 spiro atoms. The number of hydrogen-bond donors (Lipinski definition) is 2. The normalized spacial score (nSPS) is 18.1. The predicted octanol–water partition coefficient (Wildman–Crippen LogP) is 5.71. The number of benzene rings is 2. The van der Waals surface area contributed by atoms with Gasteiger partial charge in [-0.25, -0.2) is 23.2 Å². The molecule has 16 heteroatoms. The van der Waals surface area contributed by atoms with E-state index in [2.05, 4.69) is 35.2 Å². The van der Waals surface area contributed by atoms with Gasteiger partial charge in [-0.2, -0.15) is 5.10 Å². The molecule has 3 saturated heterocycles. The lowest BCUT2D eigenvalue weighted by Crippen LogP contribution is -2.49. The number of aryl methyl sites for hydroxylation is 2. The van der Waals surface area contributed by atoms with Gasteiger partial charge in [0.15, 0.2) is 21.2 Å². The number of ether oxygens (including phenoxy) is 1. The van der Waals surface area contributed by atoms with Gasteiger partial charge in [0.25, 0.3) is 0 Å². The van der Waals surface area contributed by atoms with Crippen molar-refractivity contribution < 1.29 is 22.7 Å². The van der Waals surface area contributed by atoms with Crippen LogP contribution in [-0.2, 0) is 21.7 Å². The Hall–Kier alpha value is -4.99. The van der Waals surface area contributed by atoms with Gasteiger partial charge in [0.2, 0.25) is 5.91 Å². The van der Waals surface area contributed by atoms with Gasteiger partial charge in [-0.15, -0.1) is 0 Å². The van der Waals surface area contributed by atoms with Crippen LogP contribution in [0.3, 0.4) is 0 Å². The number of rotatable bonds is 9. The van der Waals surface area contributed by atoms with Gasteiger partial charge in [-0.05, 0) is 100 Å². The molecule has 0 unspecified atom stereocenters. The molecule has 0 bridgehead atoms. The lowest BCUT2D eigenvalue weighted by atomic mass is 9.95. The summed E-state index contributed by atoms with van der Waals surface area (Å²) in [6.45, 7) is 6.66. The summed E-state index contributed by atoms with van der Waals surface area (Å²) in [4.78, 5) is 42.6. The van der Waals surface area contributed by atoms with E-state index in [1.165, 1.54) is 6.20 Å². The van der Waals surface area contributed by atoms with E-state index >= 15 is 0 Å². The minimum absolute atomic E-state index is 0.239. The lowest BCUT2D eigenvalue weighted by molar-refractivity contribution is -0.120. The molecule has 3 aliphatic heterocycles. The van der Waals surface area contributed by atoms with Crippen molar-refractivity contribution in [2.45, 2.75) is 49.2 Å². The summed E-state index contributed by atoms with van der Waals surface area (Å²) in [5.41, 5.74) is 4.54. The number of hydrogen-bond acceptors (Lipinski definition) is 10. The molecule has 0 atom stereocenters. The molecule has 2 aromatic carbocycles. The zero-order valence-corrected chi connectivity index (χ0v) is 31.7. The largest absolute Gasteiger partial charge is 0.453 e. The monoisotopic (exact) mass is 771 g/mol. The average molecular weight is 772 g/mol. The fourth-order valence-corrected chi connectivity index (χ4v) is 9.69. The lowest BCUT2D eigenvalue weighted by Gasteiger charge is -2.38. The third-order valence-electron chi connectivity index (χ3n) is 10.8. The Labute approximate surface area is 318 Å². The topological polar surface area (TPSA) is 159 Å². The number of aromatic amines is 1. The van der Waals surface area contributed by atoms with Gasteiger partial charge >= 0.3 is 6.03 Å². The van der Waals surface area contributed by atoms with E-state index in [4.69, 9.17) is 16.3 Å². The van der Waals surface area contributed by atoms with Crippen LogP contribution in [-0.4, -0.2) is 94.5 Å². The molecule has 6 heterocycles. The summed E-state index contributed by atoms with van der Waals surface area (Å²) < 4.78 is 35.3. The second kappa shape index (κ2) is 14.7. The first-order chi connectivity index (χ1) is 26.0. The molecule has 5 aromatic rings. The Morgan fingerprint density at radius 3 is 2.30 bits per heavy atom. The zero-order chi connectivity index (χ0) is 37.6. The number of imidazole rings is 1. The quantitative estimate of drug-likeness (QED) is 0.190. The number of carbonyl (C=O) groups is 2. The number of imide groups is 1. The summed E-state index contributed by atoms with van der Waals surface area (Å²) in [7, 11) is -1.68. The Morgan fingerprint density at radius 2 is 1.63 bits per heavy atom. The van der Waals surface area contributed by atoms with Gasteiger partial charge in [-0.1, -0.05) is 11.6 Å². The van der Waals surface area contributed by atoms with Gasteiger partial charge in [0.05, 0.1) is 27.6 Å². The van der Waals surface area contributed by atoms with Crippen molar-refractivity contribution in [2.75, 3.05) is 49.1 Å². The molecule has 0 saturated carbocycles. The maximum absolute atomic E-state index is 13.7. The fourth-order valence-electron chi connectivity index (χ4n) is 7.77. The van der Waals surface area contributed by atoms with Crippen molar-refractivity contribution in [1.29, 1.82) is 0 Å². The number of amides is 3. The summed E-state index contributed by atoms with van der Waals surface area (Å²) in [5.74, 6) is 1.71. The zero-order valence-electron chi connectivity index (χ0n) is 30.2. The minimum Gasteiger partial charge on any atom is -0.453 e. The van der Waals surface area contributed by atoms with E-state index in [9.17, 15) is 18.0 Å². The van der Waals surface area contributed by atoms with E-state index in [0.29, 0.717) is 65.2 Å². The van der Waals surface area contributed by atoms with Crippen molar-refractivity contribution in [3.63, 3.8) is 0 Å². The van der Waals surface area contributed by atoms with Gasteiger partial charge in [0, 0.05) is 57.2 Å². The summed E-state index contributed by atoms with van der Waals surface area (Å²) in [6, 6.07) is 14.1. The SMILES string of the molecule is Cc1nn(C)cc1-c1nc2ncc(Cl)c(Oc3ccc(S(=O)(=O)C4CCN(CC5CCN(c6ccc(N7CCC(=O)NC7=O)cc6)CC5)CC4)cc3)c2[nH]1. The molecule has 0 radical (unpaired) electrons. The number of anilines is 2. The molecule has 54 heavy (non-hydrogen) atoms. The number of fused-ring (bicyclic) bond motifs is 1. The molecule has 8 rings (SSSR count). The second-order valence-corrected chi connectivity index (χ2v) is 17.0. The highest BCUT2D eigenvalue weighted by molar-refractivity contribution is 7.92. The molecular formula is C38H42ClN9O5S. The molecule has 3 aromatic heterocycles. The molecule has 3 aliphatic rings. The fraction of sp³-hybridized carbons (Fsp3) is 0.395. The van der Waals surface area contributed by atoms with Gasteiger partial charge in [0.1, 0.15) is 22.1 Å². The number of sulfone groups is 1. The first-order valence-corrected chi connectivity index (χ1v) is 20.2. The standard InChI is InChI=1S/C38H42ClN9O5S/c1-24-31(23-45(2)44-24)36-42-34-35(32(39)21-40-37(34)43-36)53-28-7-9-29(10-8-28)54(51,52)30-13-16-46(17-14-30)22-25-11-18-47(19-12-25)26-3-5-27(6-4-26)48-20-15-33(49)41-38(48)50/h3-10,21,23,25,30H,11-20,22H2,1-2H3,(H,40,42,43)(H,41,49,50). The number of likely N-dealkylation sites (tertiary alicyclic amines) is 1. The number of pyridine rings is 1. The van der Waals surface area contributed by atoms with Crippen LogP contribution < -0.4 is 19.9 Å². The van der Waals surface area contributed by atoms with E-state index < -0.39 is 15.1 Å².